The van der Waals surface area contributed by atoms with Crippen molar-refractivity contribution in [2.75, 3.05) is 12.4 Å². The van der Waals surface area contributed by atoms with Gasteiger partial charge in [-0.1, -0.05) is 17.7 Å². The molecule has 0 aromatic heterocycles. The van der Waals surface area contributed by atoms with Gasteiger partial charge in [-0.2, -0.15) is 0 Å². The van der Waals surface area contributed by atoms with E-state index in [-0.39, 0.29) is 23.1 Å². The summed E-state index contributed by atoms with van der Waals surface area (Å²) >= 11 is 0. The van der Waals surface area contributed by atoms with Crippen LogP contribution in [0.15, 0.2) is 36.4 Å². The van der Waals surface area contributed by atoms with Crippen LogP contribution in [0.25, 0.3) is 0 Å². The van der Waals surface area contributed by atoms with E-state index in [1.165, 1.54) is 12.1 Å². The SMILES string of the molecule is COc1ccc(C)cc1C(C)Nc1ccc([N+](=O)[O-])cc1[N+](=O)[O-]. The minimum absolute atomic E-state index is 0.210. The van der Waals surface area contributed by atoms with Crippen LogP contribution in [-0.4, -0.2) is 17.0 Å². The molecule has 2 aromatic rings. The van der Waals surface area contributed by atoms with Crippen molar-refractivity contribution in [3.05, 3.63) is 67.8 Å². The molecular formula is C16H17N3O5. The highest BCUT2D eigenvalue weighted by Crippen LogP contribution is 2.34. The van der Waals surface area contributed by atoms with E-state index in [1.54, 1.807) is 7.11 Å². The average molecular weight is 331 g/mol. The smallest absolute Gasteiger partial charge is 0.299 e. The van der Waals surface area contributed by atoms with Crippen LogP contribution >= 0.6 is 0 Å². The summed E-state index contributed by atoms with van der Waals surface area (Å²) in [6, 6.07) is 8.89. The molecule has 0 heterocycles. The van der Waals surface area contributed by atoms with Crippen molar-refractivity contribution >= 4 is 17.1 Å². The van der Waals surface area contributed by atoms with E-state index >= 15 is 0 Å². The molecule has 0 amide bonds. The van der Waals surface area contributed by atoms with Gasteiger partial charge < -0.3 is 10.1 Å². The molecule has 8 heteroatoms. The summed E-state index contributed by atoms with van der Waals surface area (Å²) in [5.74, 6) is 0.658. The van der Waals surface area contributed by atoms with E-state index in [2.05, 4.69) is 5.32 Å². The fourth-order valence-electron chi connectivity index (χ4n) is 2.41. The fraction of sp³-hybridized carbons (Fsp3) is 0.250. The Balaban J connectivity index is 2.38. The summed E-state index contributed by atoms with van der Waals surface area (Å²) in [4.78, 5) is 20.7. The second-order valence-electron chi connectivity index (χ2n) is 5.33. The molecule has 0 saturated heterocycles. The molecule has 0 fully saturated rings. The highest BCUT2D eigenvalue weighted by Gasteiger charge is 2.21. The molecule has 0 bridgehead atoms. The van der Waals surface area contributed by atoms with Crippen LogP contribution in [-0.2, 0) is 0 Å². The molecule has 8 nitrogen and oxygen atoms in total. The number of aryl methyl sites for hydroxylation is 1. The summed E-state index contributed by atoms with van der Waals surface area (Å²) in [5, 5.41) is 25.0. The van der Waals surface area contributed by atoms with Crippen molar-refractivity contribution < 1.29 is 14.6 Å². The Morgan fingerprint density at radius 3 is 2.38 bits per heavy atom. The monoisotopic (exact) mass is 331 g/mol. The average Bonchev–Trinajstić information content (AvgIpc) is 2.54. The van der Waals surface area contributed by atoms with Crippen LogP contribution in [0, 0.1) is 27.2 Å². The zero-order valence-electron chi connectivity index (χ0n) is 13.5. The minimum Gasteiger partial charge on any atom is -0.496 e. The van der Waals surface area contributed by atoms with Gasteiger partial charge in [-0.15, -0.1) is 0 Å². The lowest BCUT2D eigenvalue weighted by atomic mass is 10.0. The van der Waals surface area contributed by atoms with Gasteiger partial charge in [0.1, 0.15) is 11.4 Å². The van der Waals surface area contributed by atoms with Gasteiger partial charge in [0.25, 0.3) is 11.4 Å². The third kappa shape index (κ3) is 3.60. The molecule has 2 rings (SSSR count). The molecule has 0 spiro atoms. The number of nitrogens with one attached hydrogen (secondary N) is 1. The molecule has 0 aliphatic heterocycles. The number of nitro groups is 2. The number of non-ortho nitro benzene ring substituents is 1. The lowest BCUT2D eigenvalue weighted by molar-refractivity contribution is -0.393. The normalized spacial score (nSPS) is 11.6. The molecule has 126 valence electrons. The summed E-state index contributed by atoms with van der Waals surface area (Å²) < 4.78 is 5.32. The first-order valence-corrected chi connectivity index (χ1v) is 7.17. The highest BCUT2D eigenvalue weighted by molar-refractivity contribution is 5.66. The van der Waals surface area contributed by atoms with Gasteiger partial charge in [-0.05, 0) is 26.0 Å². The molecule has 1 N–H and O–H groups in total. The van der Waals surface area contributed by atoms with Crippen molar-refractivity contribution in [1.29, 1.82) is 0 Å². The molecule has 0 saturated carbocycles. The van der Waals surface area contributed by atoms with Gasteiger partial charge in [-0.25, -0.2) is 0 Å². The summed E-state index contributed by atoms with van der Waals surface area (Å²) in [7, 11) is 1.55. The van der Waals surface area contributed by atoms with Crippen LogP contribution in [0.4, 0.5) is 17.1 Å². The Morgan fingerprint density at radius 1 is 1.08 bits per heavy atom. The van der Waals surface area contributed by atoms with Gasteiger partial charge in [0.2, 0.25) is 0 Å². The van der Waals surface area contributed by atoms with Crippen LogP contribution in [0.2, 0.25) is 0 Å². The Kier molecular flexibility index (Phi) is 4.98. The molecule has 0 aliphatic carbocycles. The zero-order chi connectivity index (χ0) is 17.9. The first kappa shape index (κ1) is 17.2. The van der Waals surface area contributed by atoms with Crippen molar-refractivity contribution in [3.8, 4) is 5.75 Å². The van der Waals surface area contributed by atoms with Gasteiger partial charge in [0, 0.05) is 11.6 Å². The van der Waals surface area contributed by atoms with Crippen molar-refractivity contribution in [3.63, 3.8) is 0 Å². The Hall–Kier alpha value is -3.16. The standard InChI is InChI=1S/C16H17N3O5/c1-10-4-7-16(24-3)13(8-10)11(2)17-14-6-5-12(18(20)21)9-15(14)19(22)23/h4-9,11,17H,1-3H3. The molecule has 2 aromatic carbocycles. The number of hydrogen-bond donors (Lipinski definition) is 1. The van der Waals surface area contributed by atoms with E-state index in [1.807, 2.05) is 32.0 Å². The number of ether oxygens (including phenoxy) is 1. The van der Waals surface area contributed by atoms with Crippen molar-refractivity contribution in [2.24, 2.45) is 0 Å². The maximum atomic E-state index is 11.2. The summed E-state index contributed by atoms with van der Waals surface area (Å²) in [6.45, 7) is 3.77. The number of benzene rings is 2. The Bertz CT molecular complexity index is 791. The molecule has 24 heavy (non-hydrogen) atoms. The van der Waals surface area contributed by atoms with Crippen molar-refractivity contribution in [1.82, 2.24) is 0 Å². The highest BCUT2D eigenvalue weighted by atomic mass is 16.6. The summed E-state index contributed by atoms with van der Waals surface area (Å²) in [6.07, 6.45) is 0. The van der Waals surface area contributed by atoms with Gasteiger partial charge in [-0.3, -0.25) is 20.2 Å². The Morgan fingerprint density at radius 2 is 1.79 bits per heavy atom. The second kappa shape index (κ2) is 6.95. The maximum Gasteiger partial charge on any atom is 0.299 e. The Labute approximate surface area is 138 Å². The first-order chi connectivity index (χ1) is 11.3. The summed E-state index contributed by atoms with van der Waals surface area (Å²) in [5.41, 5.74) is 1.40. The first-order valence-electron chi connectivity index (χ1n) is 7.17. The van der Waals surface area contributed by atoms with Crippen LogP contribution in [0.5, 0.6) is 5.75 Å². The number of nitrogens with zero attached hydrogens (tertiary/aromatic N) is 2. The van der Waals surface area contributed by atoms with E-state index in [9.17, 15) is 20.2 Å². The second-order valence-corrected chi connectivity index (χ2v) is 5.33. The molecule has 0 aliphatic rings. The third-order valence-corrected chi connectivity index (χ3v) is 3.61. The van der Waals surface area contributed by atoms with E-state index in [0.717, 1.165) is 17.2 Å². The predicted molar refractivity (Wildman–Crippen MR) is 89.5 cm³/mol. The largest absolute Gasteiger partial charge is 0.496 e. The lowest BCUT2D eigenvalue weighted by Gasteiger charge is -2.19. The number of nitro benzene ring substituents is 2. The molecule has 0 radical (unpaired) electrons. The minimum atomic E-state index is -0.663. The van der Waals surface area contributed by atoms with Gasteiger partial charge in [0.05, 0.1) is 29.1 Å². The van der Waals surface area contributed by atoms with E-state index < -0.39 is 9.85 Å². The van der Waals surface area contributed by atoms with Crippen LogP contribution in [0.1, 0.15) is 24.1 Å². The van der Waals surface area contributed by atoms with Gasteiger partial charge >= 0.3 is 0 Å². The van der Waals surface area contributed by atoms with Crippen molar-refractivity contribution in [2.45, 2.75) is 19.9 Å². The molecule has 1 unspecified atom stereocenters. The number of methoxy groups -OCH3 is 1. The molecular weight excluding hydrogens is 314 g/mol. The van der Waals surface area contributed by atoms with Crippen LogP contribution in [0.3, 0.4) is 0 Å². The van der Waals surface area contributed by atoms with Gasteiger partial charge in [0.15, 0.2) is 0 Å². The topological polar surface area (TPSA) is 108 Å². The maximum absolute atomic E-state index is 11.2. The predicted octanol–water partition coefficient (Wildman–Crippen LogP) is 3.99. The lowest BCUT2D eigenvalue weighted by Crippen LogP contribution is -2.10. The van der Waals surface area contributed by atoms with E-state index in [4.69, 9.17) is 4.74 Å². The number of hydrogen-bond acceptors (Lipinski definition) is 6. The number of anilines is 1. The third-order valence-electron chi connectivity index (χ3n) is 3.61. The van der Waals surface area contributed by atoms with E-state index in [0.29, 0.717) is 5.75 Å². The zero-order valence-corrected chi connectivity index (χ0v) is 13.5. The number of rotatable bonds is 6. The molecule has 1 atom stereocenters. The quantitative estimate of drug-likeness (QED) is 0.633. The van der Waals surface area contributed by atoms with Crippen LogP contribution < -0.4 is 10.1 Å². The fourth-order valence-corrected chi connectivity index (χ4v) is 2.41.